The largest absolute Gasteiger partial charge is 0.454 e. The van der Waals surface area contributed by atoms with Crippen molar-refractivity contribution >= 4 is 11.6 Å². The van der Waals surface area contributed by atoms with Crippen LogP contribution in [0.1, 0.15) is 32.1 Å². The molecule has 114 valence electrons. The number of ether oxygens (including phenoxy) is 2. The van der Waals surface area contributed by atoms with Gasteiger partial charge in [0.2, 0.25) is 12.7 Å². The minimum atomic E-state index is 0.0628. The van der Waals surface area contributed by atoms with E-state index in [2.05, 4.69) is 17.3 Å². The molecule has 5 heteroatoms. The molecular formula is C16H22N2O3. The highest BCUT2D eigenvalue weighted by molar-refractivity contribution is 5.91. The fraction of sp³-hybridized carbons (Fsp3) is 0.562. The van der Waals surface area contributed by atoms with Crippen molar-refractivity contribution in [2.24, 2.45) is 0 Å². The fourth-order valence-electron chi connectivity index (χ4n) is 3.00. The van der Waals surface area contributed by atoms with Gasteiger partial charge in [-0.1, -0.05) is 6.42 Å². The number of fused-ring (bicyclic) bond motifs is 1. The molecule has 0 saturated carbocycles. The summed E-state index contributed by atoms with van der Waals surface area (Å²) in [6.45, 7) is 1.40. The molecule has 0 radical (unpaired) electrons. The topological polar surface area (TPSA) is 50.8 Å². The number of anilines is 1. The van der Waals surface area contributed by atoms with Crippen molar-refractivity contribution in [3.63, 3.8) is 0 Å². The molecule has 0 aliphatic carbocycles. The van der Waals surface area contributed by atoms with E-state index in [-0.39, 0.29) is 12.7 Å². The normalized spacial score (nSPS) is 21.3. The van der Waals surface area contributed by atoms with Crippen LogP contribution in [0.3, 0.4) is 0 Å². The molecule has 2 aliphatic rings. The Bertz CT molecular complexity index is 518. The lowest BCUT2D eigenvalue weighted by Gasteiger charge is -2.32. The maximum absolute atomic E-state index is 12.1. The van der Waals surface area contributed by atoms with Crippen LogP contribution in [0.25, 0.3) is 0 Å². The van der Waals surface area contributed by atoms with E-state index in [1.165, 1.54) is 19.3 Å². The monoisotopic (exact) mass is 290 g/mol. The summed E-state index contributed by atoms with van der Waals surface area (Å²) in [5, 5.41) is 2.93. The Morgan fingerprint density at radius 2 is 2.19 bits per heavy atom. The number of hydrogen-bond acceptors (Lipinski definition) is 4. The zero-order valence-corrected chi connectivity index (χ0v) is 12.4. The van der Waals surface area contributed by atoms with Crippen molar-refractivity contribution in [3.8, 4) is 11.5 Å². The second-order valence-electron chi connectivity index (χ2n) is 5.79. The molecular weight excluding hydrogens is 268 g/mol. The number of carbonyl (C=O) groups is 1. The summed E-state index contributed by atoms with van der Waals surface area (Å²) in [6.07, 6.45) is 5.24. The summed E-state index contributed by atoms with van der Waals surface area (Å²) in [5.41, 5.74) is 0.765. The number of rotatable bonds is 4. The Hall–Kier alpha value is -1.75. The highest BCUT2D eigenvalue weighted by Gasteiger charge is 2.20. The Balaban J connectivity index is 1.50. The van der Waals surface area contributed by atoms with Gasteiger partial charge in [0.05, 0.1) is 0 Å². The van der Waals surface area contributed by atoms with Crippen LogP contribution in [0.2, 0.25) is 0 Å². The first kappa shape index (κ1) is 14.2. The summed E-state index contributed by atoms with van der Waals surface area (Å²) in [4.78, 5) is 14.4. The number of nitrogens with zero attached hydrogens (tertiary/aromatic N) is 1. The molecule has 21 heavy (non-hydrogen) atoms. The zero-order valence-electron chi connectivity index (χ0n) is 12.4. The second kappa shape index (κ2) is 6.35. The van der Waals surface area contributed by atoms with Gasteiger partial charge in [-0.2, -0.15) is 0 Å². The SMILES string of the molecule is CN1CCCCC1CCC(=O)Nc1ccc2c(c1)OCO2. The smallest absolute Gasteiger partial charge is 0.231 e. The van der Waals surface area contributed by atoms with Crippen molar-refractivity contribution in [3.05, 3.63) is 18.2 Å². The number of amides is 1. The summed E-state index contributed by atoms with van der Waals surface area (Å²) in [6, 6.07) is 6.03. The van der Waals surface area contributed by atoms with Crippen LogP contribution in [0.5, 0.6) is 11.5 Å². The van der Waals surface area contributed by atoms with Gasteiger partial charge in [-0.05, 0) is 45.0 Å². The molecule has 1 amide bonds. The van der Waals surface area contributed by atoms with Gasteiger partial charge in [-0.25, -0.2) is 0 Å². The average molecular weight is 290 g/mol. The third-order valence-corrected chi connectivity index (χ3v) is 4.28. The molecule has 2 aliphatic heterocycles. The van der Waals surface area contributed by atoms with Crippen LogP contribution >= 0.6 is 0 Å². The Morgan fingerprint density at radius 1 is 1.33 bits per heavy atom. The van der Waals surface area contributed by atoms with Gasteiger partial charge < -0.3 is 19.7 Å². The molecule has 1 N–H and O–H groups in total. The Kier molecular flexibility index (Phi) is 4.29. The quantitative estimate of drug-likeness (QED) is 0.926. The molecule has 1 atom stereocenters. The van der Waals surface area contributed by atoms with E-state index in [1.54, 1.807) is 0 Å². The van der Waals surface area contributed by atoms with Crippen LogP contribution in [-0.4, -0.2) is 37.2 Å². The minimum absolute atomic E-state index is 0.0628. The third kappa shape index (κ3) is 3.47. The van der Waals surface area contributed by atoms with E-state index in [9.17, 15) is 4.79 Å². The molecule has 0 spiro atoms. The summed E-state index contributed by atoms with van der Waals surface area (Å²) in [7, 11) is 2.15. The lowest BCUT2D eigenvalue weighted by molar-refractivity contribution is -0.116. The first-order valence-corrected chi connectivity index (χ1v) is 7.62. The number of benzene rings is 1. The van der Waals surface area contributed by atoms with Gasteiger partial charge in [0.25, 0.3) is 0 Å². The number of piperidine rings is 1. The lowest BCUT2D eigenvalue weighted by atomic mass is 9.98. The van der Waals surface area contributed by atoms with E-state index in [0.717, 1.165) is 24.4 Å². The molecule has 1 saturated heterocycles. The standard InChI is InChI=1S/C16H22N2O3/c1-18-9-3-2-4-13(18)6-8-16(19)17-12-5-7-14-15(10-12)21-11-20-14/h5,7,10,13H,2-4,6,8-9,11H2,1H3,(H,17,19). The highest BCUT2D eigenvalue weighted by atomic mass is 16.7. The molecule has 1 aromatic carbocycles. The summed E-state index contributed by atoms with van der Waals surface area (Å²) in [5.74, 6) is 1.49. The van der Waals surface area contributed by atoms with Crippen LogP contribution in [0.15, 0.2) is 18.2 Å². The van der Waals surface area contributed by atoms with E-state index in [4.69, 9.17) is 9.47 Å². The summed E-state index contributed by atoms with van der Waals surface area (Å²) >= 11 is 0. The molecule has 1 aromatic rings. The molecule has 0 aromatic heterocycles. The second-order valence-corrected chi connectivity index (χ2v) is 5.79. The lowest BCUT2D eigenvalue weighted by Crippen LogP contribution is -2.36. The van der Waals surface area contributed by atoms with Crippen LogP contribution in [-0.2, 0) is 4.79 Å². The number of likely N-dealkylation sites (tertiary alicyclic amines) is 1. The van der Waals surface area contributed by atoms with Crippen LogP contribution in [0.4, 0.5) is 5.69 Å². The summed E-state index contributed by atoms with van der Waals surface area (Å²) < 4.78 is 10.6. The van der Waals surface area contributed by atoms with Gasteiger partial charge in [0.15, 0.2) is 11.5 Å². The third-order valence-electron chi connectivity index (χ3n) is 4.28. The number of hydrogen-bond donors (Lipinski definition) is 1. The first-order chi connectivity index (χ1) is 10.2. The molecule has 1 fully saturated rings. The zero-order chi connectivity index (χ0) is 14.7. The van der Waals surface area contributed by atoms with E-state index < -0.39 is 0 Å². The average Bonchev–Trinajstić information content (AvgIpc) is 2.94. The minimum Gasteiger partial charge on any atom is -0.454 e. The number of carbonyl (C=O) groups excluding carboxylic acids is 1. The molecule has 1 unspecified atom stereocenters. The van der Waals surface area contributed by atoms with Crippen molar-refractivity contribution < 1.29 is 14.3 Å². The van der Waals surface area contributed by atoms with Crippen molar-refractivity contribution in [2.45, 2.75) is 38.1 Å². The van der Waals surface area contributed by atoms with Crippen molar-refractivity contribution in [1.29, 1.82) is 0 Å². The molecule has 5 nitrogen and oxygen atoms in total. The molecule has 3 rings (SSSR count). The Morgan fingerprint density at radius 3 is 3.05 bits per heavy atom. The maximum Gasteiger partial charge on any atom is 0.231 e. The predicted octanol–water partition coefficient (Wildman–Crippen LogP) is 2.62. The van der Waals surface area contributed by atoms with E-state index in [1.807, 2.05) is 18.2 Å². The van der Waals surface area contributed by atoms with Crippen molar-refractivity contribution in [1.82, 2.24) is 4.90 Å². The van der Waals surface area contributed by atoms with Crippen molar-refractivity contribution in [2.75, 3.05) is 25.7 Å². The Labute approximate surface area is 125 Å². The predicted molar refractivity (Wildman–Crippen MR) is 80.7 cm³/mol. The molecule has 0 bridgehead atoms. The van der Waals surface area contributed by atoms with Crippen LogP contribution < -0.4 is 14.8 Å². The van der Waals surface area contributed by atoms with E-state index >= 15 is 0 Å². The first-order valence-electron chi connectivity index (χ1n) is 7.62. The van der Waals surface area contributed by atoms with Gasteiger partial charge in [0.1, 0.15) is 0 Å². The van der Waals surface area contributed by atoms with Gasteiger partial charge in [-0.3, -0.25) is 4.79 Å². The van der Waals surface area contributed by atoms with Crippen LogP contribution in [0, 0.1) is 0 Å². The number of nitrogens with one attached hydrogen (secondary N) is 1. The fourth-order valence-corrected chi connectivity index (χ4v) is 3.00. The maximum atomic E-state index is 12.1. The van der Waals surface area contributed by atoms with E-state index in [0.29, 0.717) is 18.2 Å². The highest BCUT2D eigenvalue weighted by Crippen LogP contribution is 2.34. The van der Waals surface area contributed by atoms with Gasteiger partial charge in [0, 0.05) is 24.2 Å². The van der Waals surface area contributed by atoms with Gasteiger partial charge >= 0.3 is 0 Å². The van der Waals surface area contributed by atoms with Gasteiger partial charge in [-0.15, -0.1) is 0 Å². The molecule has 2 heterocycles.